The van der Waals surface area contributed by atoms with E-state index in [2.05, 4.69) is 4.72 Å². The third-order valence-corrected chi connectivity index (χ3v) is 5.38. The fraction of sp³-hybridized carbons (Fsp3) is 0.889. The first kappa shape index (κ1) is 14.7. The van der Waals surface area contributed by atoms with Crippen LogP contribution in [0.2, 0.25) is 0 Å². The van der Waals surface area contributed by atoms with Gasteiger partial charge in [0.25, 0.3) is 10.2 Å². The molecule has 0 aromatic rings. The summed E-state index contributed by atoms with van der Waals surface area (Å²) in [6, 6.07) is -0.0361. The number of aliphatic carboxylic acids is 1. The Bertz CT molecular complexity index is 352. The van der Waals surface area contributed by atoms with Gasteiger partial charge in [0.2, 0.25) is 0 Å². The van der Waals surface area contributed by atoms with Gasteiger partial charge in [0.15, 0.2) is 0 Å². The molecule has 17 heavy (non-hydrogen) atoms. The van der Waals surface area contributed by atoms with Crippen LogP contribution in [-0.2, 0) is 15.0 Å². The van der Waals surface area contributed by atoms with Gasteiger partial charge in [-0.1, -0.05) is 0 Å². The van der Waals surface area contributed by atoms with Crippen molar-refractivity contribution < 1.29 is 18.3 Å². The standard InChI is InChI=1S/C9H18N2O4S2/c1-11(5-4-9(12)13)17(14,15)10-8-3-2-6-16-7-8/h8,10H,2-7H2,1H3,(H,12,13). The SMILES string of the molecule is CN(CCC(=O)O)S(=O)(=O)NC1CCCSC1. The highest BCUT2D eigenvalue weighted by molar-refractivity contribution is 7.99. The average molecular weight is 282 g/mol. The van der Waals surface area contributed by atoms with Crippen molar-refractivity contribution in [2.45, 2.75) is 25.3 Å². The number of carboxylic acid groups (broad SMARTS) is 1. The van der Waals surface area contributed by atoms with E-state index in [9.17, 15) is 13.2 Å². The molecule has 0 aliphatic carbocycles. The molecule has 1 unspecified atom stereocenters. The number of hydrogen-bond donors (Lipinski definition) is 2. The number of carboxylic acids is 1. The van der Waals surface area contributed by atoms with Crippen LogP contribution >= 0.6 is 11.8 Å². The molecule has 0 bridgehead atoms. The first-order valence-corrected chi connectivity index (χ1v) is 8.04. The maximum absolute atomic E-state index is 11.8. The van der Waals surface area contributed by atoms with Crippen molar-refractivity contribution in [1.82, 2.24) is 9.03 Å². The number of nitrogens with zero attached hydrogens (tertiary/aromatic N) is 1. The Hall–Kier alpha value is -0.310. The van der Waals surface area contributed by atoms with Crippen LogP contribution in [0.15, 0.2) is 0 Å². The van der Waals surface area contributed by atoms with Gasteiger partial charge in [-0.2, -0.15) is 29.2 Å². The van der Waals surface area contributed by atoms with E-state index in [-0.39, 0.29) is 19.0 Å². The second kappa shape index (κ2) is 6.58. The first-order chi connectivity index (χ1) is 7.92. The predicted molar refractivity (Wildman–Crippen MR) is 67.3 cm³/mol. The molecule has 1 atom stereocenters. The van der Waals surface area contributed by atoms with Gasteiger partial charge >= 0.3 is 5.97 Å². The minimum atomic E-state index is -3.55. The number of hydrogen-bond acceptors (Lipinski definition) is 4. The van der Waals surface area contributed by atoms with Gasteiger partial charge in [-0.3, -0.25) is 4.79 Å². The fourth-order valence-corrected chi connectivity index (χ4v) is 3.82. The molecule has 2 N–H and O–H groups in total. The highest BCUT2D eigenvalue weighted by Crippen LogP contribution is 2.17. The zero-order valence-corrected chi connectivity index (χ0v) is 11.4. The molecule has 0 amide bonds. The van der Waals surface area contributed by atoms with Crippen LogP contribution < -0.4 is 4.72 Å². The third-order valence-electron chi connectivity index (χ3n) is 2.53. The van der Waals surface area contributed by atoms with E-state index in [1.807, 2.05) is 0 Å². The van der Waals surface area contributed by atoms with E-state index in [1.165, 1.54) is 7.05 Å². The second-order valence-corrected chi connectivity index (χ2v) is 6.96. The summed E-state index contributed by atoms with van der Waals surface area (Å²) in [5.74, 6) is 0.860. The maximum Gasteiger partial charge on any atom is 0.304 e. The maximum atomic E-state index is 11.8. The molecule has 1 saturated heterocycles. The predicted octanol–water partition coefficient (Wildman–Crippen LogP) is 0.123. The van der Waals surface area contributed by atoms with E-state index >= 15 is 0 Å². The van der Waals surface area contributed by atoms with Crippen LogP contribution in [0.1, 0.15) is 19.3 Å². The zero-order valence-electron chi connectivity index (χ0n) is 9.76. The van der Waals surface area contributed by atoms with Gasteiger partial charge in [0, 0.05) is 25.4 Å². The van der Waals surface area contributed by atoms with E-state index in [0.29, 0.717) is 0 Å². The van der Waals surface area contributed by atoms with Crippen molar-refractivity contribution in [2.75, 3.05) is 25.1 Å². The largest absolute Gasteiger partial charge is 0.481 e. The minimum Gasteiger partial charge on any atom is -0.481 e. The first-order valence-electron chi connectivity index (χ1n) is 5.45. The zero-order chi connectivity index (χ0) is 12.9. The van der Waals surface area contributed by atoms with Crippen molar-refractivity contribution >= 4 is 27.9 Å². The molecule has 0 aromatic carbocycles. The van der Waals surface area contributed by atoms with E-state index in [0.717, 1.165) is 28.7 Å². The Labute approximate surface area is 106 Å². The van der Waals surface area contributed by atoms with Crippen molar-refractivity contribution in [2.24, 2.45) is 0 Å². The van der Waals surface area contributed by atoms with Gasteiger partial charge in [0.05, 0.1) is 6.42 Å². The molecule has 1 aliphatic heterocycles. The molecule has 1 aliphatic rings. The van der Waals surface area contributed by atoms with E-state index < -0.39 is 16.2 Å². The Morgan fingerprint density at radius 2 is 2.29 bits per heavy atom. The van der Waals surface area contributed by atoms with E-state index in [1.54, 1.807) is 11.8 Å². The van der Waals surface area contributed by atoms with Gasteiger partial charge < -0.3 is 5.11 Å². The topological polar surface area (TPSA) is 86.7 Å². The molecule has 6 nitrogen and oxygen atoms in total. The summed E-state index contributed by atoms with van der Waals surface area (Å²) in [6.45, 7) is -0.00940. The number of carbonyl (C=O) groups is 1. The van der Waals surface area contributed by atoms with Crippen molar-refractivity contribution in [3.63, 3.8) is 0 Å². The molecule has 0 radical (unpaired) electrons. The van der Waals surface area contributed by atoms with Gasteiger partial charge in [0.1, 0.15) is 0 Å². The lowest BCUT2D eigenvalue weighted by Gasteiger charge is -2.25. The number of rotatable bonds is 6. The summed E-state index contributed by atoms with van der Waals surface area (Å²) >= 11 is 1.73. The molecule has 1 fully saturated rings. The number of thioether (sulfide) groups is 1. The minimum absolute atomic E-state index is 0.00940. The molecule has 0 saturated carbocycles. The van der Waals surface area contributed by atoms with Gasteiger partial charge in [-0.25, -0.2) is 0 Å². The van der Waals surface area contributed by atoms with Crippen LogP contribution in [0.3, 0.4) is 0 Å². The highest BCUT2D eigenvalue weighted by atomic mass is 32.2. The fourth-order valence-electron chi connectivity index (χ4n) is 1.51. The molecule has 1 heterocycles. The molecule has 100 valence electrons. The van der Waals surface area contributed by atoms with E-state index in [4.69, 9.17) is 5.11 Å². The quantitative estimate of drug-likeness (QED) is 0.723. The van der Waals surface area contributed by atoms with Crippen LogP contribution in [0, 0.1) is 0 Å². The van der Waals surface area contributed by atoms with Crippen LogP contribution in [0.4, 0.5) is 0 Å². The Morgan fingerprint density at radius 3 is 2.82 bits per heavy atom. The van der Waals surface area contributed by atoms with Gasteiger partial charge in [-0.15, -0.1) is 0 Å². The van der Waals surface area contributed by atoms with Crippen LogP contribution in [0.5, 0.6) is 0 Å². The Morgan fingerprint density at radius 1 is 1.59 bits per heavy atom. The molecule has 0 aromatic heterocycles. The molecular weight excluding hydrogens is 264 g/mol. The molecule has 0 spiro atoms. The van der Waals surface area contributed by atoms with Crippen molar-refractivity contribution in [3.05, 3.63) is 0 Å². The lowest BCUT2D eigenvalue weighted by molar-refractivity contribution is -0.137. The third kappa shape index (κ3) is 5.24. The average Bonchev–Trinajstić information content (AvgIpc) is 2.26. The molecule has 1 rings (SSSR count). The number of nitrogens with one attached hydrogen (secondary N) is 1. The van der Waals surface area contributed by atoms with Crippen molar-refractivity contribution in [1.29, 1.82) is 0 Å². The summed E-state index contributed by atoms with van der Waals surface area (Å²) in [5, 5.41) is 8.50. The summed E-state index contributed by atoms with van der Waals surface area (Å²) in [5.41, 5.74) is 0. The monoisotopic (exact) mass is 282 g/mol. The Kier molecular flexibility index (Phi) is 5.71. The lowest BCUT2D eigenvalue weighted by atomic mass is 10.2. The molecule has 8 heteroatoms. The highest BCUT2D eigenvalue weighted by Gasteiger charge is 2.24. The van der Waals surface area contributed by atoms with Crippen LogP contribution in [0.25, 0.3) is 0 Å². The summed E-state index contributed by atoms with van der Waals surface area (Å²) < 4.78 is 27.3. The summed E-state index contributed by atoms with van der Waals surface area (Å²) in [4.78, 5) is 10.4. The Balaban J connectivity index is 2.45. The molecular formula is C9H18N2O4S2. The smallest absolute Gasteiger partial charge is 0.304 e. The van der Waals surface area contributed by atoms with Crippen LogP contribution in [-0.4, -0.2) is 54.9 Å². The van der Waals surface area contributed by atoms with Gasteiger partial charge in [-0.05, 0) is 18.6 Å². The van der Waals surface area contributed by atoms with Crippen molar-refractivity contribution in [3.8, 4) is 0 Å². The second-order valence-electron chi connectivity index (χ2n) is 4.00. The summed E-state index contributed by atoms with van der Waals surface area (Å²) in [6.07, 6.45) is 1.67. The summed E-state index contributed by atoms with van der Waals surface area (Å²) in [7, 11) is -2.16. The normalized spacial score (nSPS) is 21.6. The lowest BCUT2D eigenvalue weighted by Crippen LogP contribution is -2.46.